The van der Waals surface area contributed by atoms with Crippen molar-refractivity contribution in [1.82, 2.24) is 4.90 Å². The Morgan fingerprint density at radius 1 is 1.36 bits per heavy atom. The lowest BCUT2D eigenvalue weighted by Gasteiger charge is -2.19. The first-order valence-corrected chi connectivity index (χ1v) is 4.77. The Morgan fingerprint density at radius 2 is 2.00 bits per heavy atom. The average molecular weight is 190 g/mol. The molecule has 0 spiro atoms. The van der Waals surface area contributed by atoms with E-state index < -0.39 is 0 Å². The van der Waals surface area contributed by atoms with Gasteiger partial charge in [0.2, 0.25) is 5.91 Å². The number of nitrogens with two attached hydrogens (primary N) is 1. The lowest BCUT2D eigenvalue weighted by molar-refractivity contribution is -0.128. The minimum atomic E-state index is -0.329. The van der Waals surface area contributed by atoms with Crippen LogP contribution in [0.25, 0.3) is 0 Å². The predicted molar refractivity (Wildman–Crippen MR) is 54.5 cm³/mol. The molecule has 0 aliphatic carbocycles. The van der Waals surface area contributed by atoms with Crippen molar-refractivity contribution in [1.29, 1.82) is 0 Å². The summed E-state index contributed by atoms with van der Waals surface area (Å²) in [6.07, 6.45) is 0.722. The van der Waals surface area contributed by atoms with Gasteiger partial charge in [0.15, 0.2) is 0 Å². The van der Waals surface area contributed by atoms with Crippen LogP contribution in [0.5, 0.6) is 0 Å². The zero-order chi connectivity index (χ0) is 10.1. The third-order valence-electron chi connectivity index (χ3n) is 2.79. The summed E-state index contributed by atoms with van der Waals surface area (Å²) in [5.74, 6) is 0.0406. The van der Waals surface area contributed by atoms with Gasteiger partial charge in [-0.25, -0.2) is 0 Å². The highest BCUT2D eigenvalue weighted by Crippen LogP contribution is 2.30. The third-order valence-corrected chi connectivity index (χ3v) is 2.79. The normalized spacial score (nSPS) is 27.0. The maximum absolute atomic E-state index is 11.5. The van der Waals surface area contributed by atoms with E-state index in [2.05, 4.69) is 0 Å². The molecule has 0 saturated carbocycles. The van der Waals surface area contributed by atoms with Crippen LogP contribution < -0.4 is 5.73 Å². The molecular weight excluding hydrogens is 176 g/mol. The van der Waals surface area contributed by atoms with Crippen molar-refractivity contribution >= 4 is 5.91 Å². The van der Waals surface area contributed by atoms with Gasteiger partial charge in [-0.2, -0.15) is 0 Å². The van der Waals surface area contributed by atoms with Crippen LogP contribution >= 0.6 is 0 Å². The number of hydrogen-bond donors (Lipinski definition) is 1. The molecule has 2 unspecified atom stereocenters. The molecule has 0 aromatic heterocycles. The van der Waals surface area contributed by atoms with Crippen LogP contribution in [0.1, 0.15) is 18.0 Å². The summed E-state index contributed by atoms with van der Waals surface area (Å²) in [5, 5.41) is 0. The Hall–Kier alpha value is -1.35. The van der Waals surface area contributed by atoms with Crippen LogP contribution in [0.4, 0.5) is 0 Å². The molecule has 1 aromatic rings. The summed E-state index contributed by atoms with van der Waals surface area (Å²) in [6.45, 7) is 0. The van der Waals surface area contributed by atoms with E-state index in [0.717, 1.165) is 12.0 Å². The molecule has 1 amide bonds. The van der Waals surface area contributed by atoms with Crippen molar-refractivity contribution in [3.63, 3.8) is 0 Å². The first-order chi connectivity index (χ1) is 6.70. The second-order valence-electron chi connectivity index (χ2n) is 3.72. The number of carbonyl (C=O) groups is 1. The molecule has 1 saturated heterocycles. The minimum absolute atomic E-state index is 0.0406. The number of hydrogen-bond acceptors (Lipinski definition) is 2. The Morgan fingerprint density at radius 3 is 2.50 bits per heavy atom. The molecule has 1 fully saturated rings. The number of likely N-dealkylation sites (tertiary alicyclic amines) is 1. The third kappa shape index (κ3) is 1.40. The molecule has 2 N–H and O–H groups in total. The van der Waals surface area contributed by atoms with E-state index in [1.165, 1.54) is 0 Å². The first kappa shape index (κ1) is 9.21. The van der Waals surface area contributed by atoms with Crippen molar-refractivity contribution in [2.24, 2.45) is 5.73 Å². The number of benzene rings is 1. The number of likely N-dealkylation sites (N-methyl/N-ethyl adjacent to an activating group) is 1. The number of rotatable bonds is 1. The zero-order valence-corrected chi connectivity index (χ0v) is 8.18. The zero-order valence-electron chi connectivity index (χ0n) is 8.18. The fraction of sp³-hybridized carbons (Fsp3) is 0.364. The summed E-state index contributed by atoms with van der Waals surface area (Å²) < 4.78 is 0. The highest BCUT2D eigenvalue weighted by atomic mass is 16.2. The highest BCUT2D eigenvalue weighted by molar-refractivity contribution is 5.84. The Balaban J connectivity index is 2.26. The maximum Gasteiger partial charge on any atom is 0.239 e. The molecular formula is C11H14N2O. The molecule has 0 radical (unpaired) electrons. The predicted octanol–water partition coefficient (Wildman–Crippen LogP) is 0.917. The molecule has 1 heterocycles. The van der Waals surface area contributed by atoms with Crippen LogP contribution in [0.2, 0.25) is 0 Å². The summed E-state index contributed by atoms with van der Waals surface area (Å²) in [6, 6.07) is 9.83. The molecule has 3 heteroatoms. The minimum Gasteiger partial charge on any atom is -0.337 e. The average Bonchev–Trinajstić information content (AvgIpc) is 2.47. The van der Waals surface area contributed by atoms with Crippen LogP contribution in [0.3, 0.4) is 0 Å². The topological polar surface area (TPSA) is 46.3 Å². The van der Waals surface area contributed by atoms with Gasteiger partial charge in [-0.3, -0.25) is 4.79 Å². The van der Waals surface area contributed by atoms with E-state index in [1.54, 1.807) is 4.90 Å². The van der Waals surface area contributed by atoms with Gasteiger partial charge in [-0.1, -0.05) is 30.3 Å². The molecule has 0 bridgehead atoms. The van der Waals surface area contributed by atoms with Crippen molar-refractivity contribution in [2.75, 3.05) is 7.05 Å². The molecule has 1 aliphatic heterocycles. The van der Waals surface area contributed by atoms with Gasteiger partial charge in [0, 0.05) is 7.05 Å². The van der Waals surface area contributed by atoms with E-state index in [4.69, 9.17) is 5.73 Å². The second-order valence-corrected chi connectivity index (χ2v) is 3.72. The smallest absolute Gasteiger partial charge is 0.239 e. The number of nitrogens with zero attached hydrogens (tertiary/aromatic N) is 1. The molecule has 14 heavy (non-hydrogen) atoms. The van der Waals surface area contributed by atoms with E-state index >= 15 is 0 Å². The van der Waals surface area contributed by atoms with Gasteiger partial charge in [0.05, 0.1) is 12.1 Å². The number of carbonyl (C=O) groups excluding carboxylic acids is 1. The maximum atomic E-state index is 11.5. The van der Waals surface area contributed by atoms with Crippen LogP contribution in [0, 0.1) is 0 Å². The van der Waals surface area contributed by atoms with Gasteiger partial charge < -0.3 is 10.6 Å². The van der Waals surface area contributed by atoms with E-state index in [9.17, 15) is 4.79 Å². The lowest BCUT2D eigenvalue weighted by Crippen LogP contribution is -2.31. The Labute approximate surface area is 83.5 Å². The van der Waals surface area contributed by atoms with Gasteiger partial charge in [0.1, 0.15) is 0 Å². The lowest BCUT2D eigenvalue weighted by atomic mass is 10.0. The SMILES string of the molecule is CN1C(=O)C(N)CC1c1ccccc1. The highest BCUT2D eigenvalue weighted by Gasteiger charge is 2.35. The van der Waals surface area contributed by atoms with E-state index in [0.29, 0.717) is 0 Å². The molecule has 2 atom stereocenters. The fourth-order valence-electron chi connectivity index (χ4n) is 1.95. The summed E-state index contributed by atoms with van der Waals surface area (Å²) in [5.41, 5.74) is 6.87. The van der Waals surface area contributed by atoms with Gasteiger partial charge >= 0.3 is 0 Å². The summed E-state index contributed by atoms with van der Waals surface area (Å²) in [4.78, 5) is 13.2. The second kappa shape index (κ2) is 3.42. The van der Waals surface area contributed by atoms with Crippen LogP contribution in [-0.4, -0.2) is 23.9 Å². The van der Waals surface area contributed by atoms with Crippen LogP contribution in [0.15, 0.2) is 30.3 Å². The van der Waals surface area contributed by atoms with E-state index in [-0.39, 0.29) is 18.0 Å². The quantitative estimate of drug-likeness (QED) is 0.715. The van der Waals surface area contributed by atoms with Crippen molar-refractivity contribution in [3.05, 3.63) is 35.9 Å². The van der Waals surface area contributed by atoms with Gasteiger partial charge in [-0.05, 0) is 12.0 Å². The Kier molecular flexibility index (Phi) is 2.25. The standard InChI is InChI=1S/C11H14N2O/c1-13-10(7-9(12)11(13)14)8-5-3-2-4-6-8/h2-6,9-10H,7,12H2,1H3. The molecule has 74 valence electrons. The van der Waals surface area contributed by atoms with Gasteiger partial charge in [0.25, 0.3) is 0 Å². The molecule has 1 aliphatic rings. The van der Waals surface area contributed by atoms with Crippen LogP contribution in [-0.2, 0) is 4.79 Å². The Bertz CT molecular complexity index is 336. The van der Waals surface area contributed by atoms with E-state index in [1.807, 2.05) is 37.4 Å². The monoisotopic (exact) mass is 190 g/mol. The fourth-order valence-corrected chi connectivity index (χ4v) is 1.95. The number of amides is 1. The first-order valence-electron chi connectivity index (χ1n) is 4.77. The van der Waals surface area contributed by atoms with Crippen molar-refractivity contribution in [2.45, 2.75) is 18.5 Å². The van der Waals surface area contributed by atoms with Crippen molar-refractivity contribution < 1.29 is 4.79 Å². The molecule has 3 nitrogen and oxygen atoms in total. The molecule has 2 rings (SSSR count). The largest absolute Gasteiger partial charge is 0.337 e. The van der Waals surface area contributed by atoms with Gasteiger partial charge in [-0.15, -0.1) is 0 Å². The summed E-state index contributed by atoms with van der Waals surface area (Å²) >= 11 is 0. The van der Waals surface area contributed by atoms with Crippen molar-refractivity contribution in [3.8, 4) is 0 Å². The molecule has 1 aromatic carbocycles. The summed E-state index contributed by atoms with van der Waals surface area (Å²) in [7, 11) is 1.81.